The number of aryl methyl sites for hydroxylation is 1. The molecule has 8 heteroatoms. The SMILES string of the molecule is Cc1ccc(CN(C)C(=O)c2cc(S(=O)(=O)N(C)C)ccc2Cl)o1. The highest BCUT2D eigenvalue weighted by Gasteiger charge is 2.22. The summed E-state index contributed by atoms with van der Waals surface area (Å²) >= 11 is 6.09. The van der Waals surface area contributed by atoms with E-state index in [1.165, 1.54) is 37.2 Å². The lowest BCUT2D eigenvalue weighted by Gasteiger charge is -2.18. The molecule has 0 fully saturated rings. The second kappa shape index (κ2) is 6.96. The monoisotopic (exact) mass is 370 g/mol. The summed E-state index contributed by atoms with van der Waals surface area (Å²) in [6.45, 7) is 2.07. The van der Waals surface area contributed by atoms with E-state index in [2.05, 4.69) is 0 Å². The molecule has 1 heterocycles. The van der Waals surface area contributed by atoms with Gasteiger partial charge < -0.3 is 9.32 Å². The fourth-order valence-electron chi connectivity index (χ4n) is 2.12. The van der Waals surface area contributed by atoms with E-state index in [4.69, 9.17) is 16.0 Å². The molecule has 0 aliphatic heterocycles. The second-order valence-electron chi connectivity index (χ2n) is 5.60. The normalized spacial score (nSPS) is 11.8. The molecule has 2 aromatic rings. The third-order valence-corrected chi connectivity index (χ3v) is 5.62. The molecule has 0 unspecified atom stereocenters. The molecule has 0 N–H and O–H groups in total. The van der Waals surface area contributed by atoms with Gasteiger partial charge in [0.05, 0.1) is 22.0 Å². The Morgan fingerprint density at radius 2 is 1.83 bits per heavy atom. The van der Waals surface area contributed by atoms with Gasteiger partial charge in [0.1, 0.15) is 11.5 Å². The molecule has 0 bridgehead atoms. The third kappa shape index (κ3) is 3.80. The molecule has 1 aromatic carbocycles. The molecule has 2 rings (SSSR count). The van der Waals surface area contributed by atoms with Crippen molar-refractivity contribution < 1.29 is 17.6 Å². The summed E-state index contributed by atoms with van der Waals surface area (Å²) in [5, 5.41) is 0.195. The van der Waals surface area contributed by atoms with E-state index in [1.807, 2.05) is 13.0 Å². The number of amides is 1. The van der Waals surface area contributed by atoms with E-state index in [0.717, 1.165) is 10.1 Å². The van der Waals surface area contributed by atoms with Crippen LogP contribution in [0.1, 0.15) is 21.9 Å². The van der Waals surface area contributed by atoms with Crippen LogP contribution in [0.5, 0.6) is 0 Å². The molecule has 0 radical (unpaired) electrons. The summed E-state index contributed by atoms with van der Waals surface area (Å²) in [4.78, 5) is 14.1. The van der Waals surface area contributed by atoms with E-state index in [-0.39, 0.29) is 27.9 Å². The van der Waals surface area contributed by atoms with Gasteiger partial charge in [-0.25, -0.2) is 12.7 Å². The summed E-state index contributed by atoms with van der Waals surface area (Å²) in [5.41, 5.74) is 0.130. The average molecular weight is 371 g/mol. The Kier molecular flexibility index (Phi) is 5.37. The molecule has 0 spiro atoms. The average Bonchev–Trinajstić information content (AvgIpc) is 2.91. The summed E-state index contributed by atoms with van der Waals surface area (Å²) < 4.78 is 31.0. The van der Waals surface area contributed by atoms with Gasteiger partial charge in [-0.15, -0.1) is 0 Å². The quantitative estimate of drug-likeness (QED) is 0.811. The number of benzene rings is 1. The standard InChI is InChI=1S/C16H19ClN2O4S/c1-11-5-6-12(23-11)10-19(4)16(20)14-9-13(7-8-15(14)17)24(21,22)18(2)3/h5-9H,10H2,1-4H3. The predicted octanol–water partition coefficient (Wildman–Crippen LogP) is 2.76. The number of rotatable bonds is 5. The van der Waals surface area contributed by atoms with E-state index >= 15 is 0 Å². The van der Waals surface area contributed by atoms with Crippen molar-refractivity contribution in [1.82, 2.24) is 9.21 Å². The smallest absolute Gasteiger partial charge is 0.255 e. The van der Waals surface area contributed by atoms with Crippen LogP contribution in [0.4, 0.5) is 0 Å². The van der Waals surface area contributed by atoms with Crippen molar-refractivity contribution in [2.75, 3.05) is 21.1 Å². The fourth-order valence-corrected chi connectivity index (χ4v) is 3.25. The number of furan rings is 1. The van der Waals surface area contributed by atoms with Crippen LogP contribution in [0.2, 0.25) is 5.02 Å². The van der Waals surface area contributed by atoms with Gasteiger partial charge in [0.25, 0.3) is 5.91 Å². The van der Waals surface area contributed by atoms with Crippen LogP contribution in [0, 0.1) is 6.92 Å². The van der Waals surface area contributed by atoms with Crippen molar-refractivity contribution in [3.8, 4) is 0 Å². The van der Waals surface area contributed by atoms with Gasteiger partial charge >= 0.3 is 0 Å². The van der Waals surface area contributed by atoms with Crippen molar-refractivity contribution in [3.63, 3.8) is 0 Å². The van der Waals surface area contributed by atoms with Gasteiger partial charge in [-0.05, 0) is 37.3 Å². The number of nitrogens with zero attached hydrogens (tertiary/aromatic N) is 2. The Morgan fingerprint density at radius 3 is 2.38 bits per heavy atom. The molecular weight excluding hydrogens is 352 g/mol. The molecule has 0 saturated carbocycles. The van der Waals surface area contributed by atoms with Crippen molar-refractivity contribution in [2.45, 2.75) is 18.4 Å². The first-order valence-electron chi connectivity index (χ1n) is 7.16. The first-order valence-corrected chi connectivity index (χ1v) is 8.97. The largest absolute Gasteiger partial charge is 0.464 e. The third-order valence-electron chi connectivity index (χ3n) is 3.48. The number of hydrogen-bond acceptors (Lipinski definition) is 4. The van der Waals surface area contributed by atoms with Crippen LogP contribution in [0.15, 0.2) is 39.6 Å². The van der Waals surface area contributed by atoms with Crippen molar-refractivity contribution >= 4 is 27.5 Å². The molecule has 0 aliphatic carbocycles. The minimum atomic E-state index is -3.65. The maximum absolute atomic E-state index is 12.6. The topological polar surface area (TPSA) is 70.8 Å². The first kappa shape index (κ1) is 18.5. The highest BCUT2D eigenvalue weighted by atomic mass is 35.5. The van der Waals surface area contributed by atoms with Crippen LogP contribution in [0.3, 0.4) is 0 Å². The van der Waals surface area contributed by atoms with E-state index in [1.54, 1.807) is 13.1 Å². The number of hydrogen-bond donors (Lipinski definition) is 0. The Morgan fingerprint density at radius 1 is 1.17 bits per heavy atom. The summed E-state index contributed by atoms with van der Waals surface area (Å²) in [6.07, 6.45) is 0. The highest BCUT2D eigenvalue weighted by molar-refractivity contribution is 7.89. The zero-order valence-electron chi connectivity index (χ0n) is 13.9. The zero-order valence-corrected chi connectivity index (χ0v) is 15.5. The van der Waals surface area contributed by atoms with Crippen molar-refractivity contribution in [3.05, 3.63) is 52.4 Å². The highest BCUT2D eigenvalue weighted by Crippen LogP contribution is 2.24. The number of sulfonamides is 1. The molecule has 0 saturated heterocycles. The van der Waals surface area contributed by atoms with Crippen LogP contribution in [0.25, 0.3) is 0 Å². The van der Waals surface area contributed by atoms with E-state index < -0.39 is 10.0 Å². The zero-order chi connectivity index (χ0) is 18.1. The second-order valence-corrected chi connectivity index (χ2v) is 8.16. The number of halogens is 1. The Balaban J connectivity index is 2.31. The van der Waals surface area contributed by atoms with Crippen LogP contribution >= 0.6 is 11.6 Å². The van der Waals surface area contributed by atoms with Crippen molar-refractivity contribution in [1.29, 1.82) is 0 Å². The van der Waals surface area contributed by atoms with Crippen LogP contribution in [-0.2, 0) is 16.6 Å². The molecule has 0 aliphatic rings. The molecule has 6 nitrogen and oxygen atoms in total. The van der Waals surface area contributed by atoms with E-state index in [9.17, 15) is 13.2 Å². The molecular formula is C16H19ClN2O4S. The summed E-state index contributed by atoms with van der Waals surface area (Å²) in [7, 11) is 0.810. The number of carbonyl (C=O) groups is 1. The van der Waals surface area contributed by atoms with Crippen molar-refractivity contribution in [2.24, 2.45) is 0 Å². The van der Waals surface area contributed by atoms with Crippen LogP contribution < -0.4 is 0 Å². The fraction of sp³-hybridized carbons (Fsp3) is 0.312. The van der Waals surface area contributed by atoms with Gasteiger partial charge in [0.2, 0.25) is 10.0 Å². The Hall–Kier alpha value is -1.83. The lowest BCUT2D eigenvalue weighted by molar-refractivity contribution is 0.0775. The van der Waals surface area contributed by atoms with Gasteiger partial charge in [0, 0.05) is 21.1 Å². The van der Waals surface area contributed by atoms with Gasteiger partial charge in [0.15, 0.2) is 0 Å². The van der Waals surface area contributed by atoms with E-state index in [0.29, 0.717) is 5.76 Å². The number of carbonyl (C=O) groups excluding carboxylic acids is 1. The van der Waals surface area contributed by atoms with Crippen LogP contribution in [-0.4, -0.2) is 44.7 Å². The molecule has 1 aromatic heterocycles. The summed E-state index contributed by atoms with van der Waals surface area (Å²) in [6, 6.07) is 7.68. The predicted molar refractivity (Wildman–Crippen MR) is 91.6 cm³/mol. The minimum absolute atomic E-state index is 0.0162. The Bertz CT molecular complexity index is 859. The minimum Gasteiger partial charge on any atom is -0.464 e. The first-order chi connectivity index (χ1) is 11.1. The van der Waals surface area contributed by atoms with Gasteiger partial charge in [-0.2, -0.15) is 0 Å². The lowest BCUT2D eigenvalue weighted by atomic mass is 10.2. The Labute approximate surface area is 146 Å². The maximum Gasteiger partial charge on any atom is 0.255 e. The maximum atomic E-state index is 12.6. The molecule has 0 atom stereocenters. The van der Waals surface area contributed by atoms with Gasteiger partial charge in [-0.3, -0.25) is 4.79 Å². The summed E-state index contributed by atoms with van der Waals surface area (Å²) in [5.74, 6) is 1.00. The molecule has 24 heavy (non-hydrogen) atoms. The lowest BCUT2D eigenvalue weighted by Crippen LogP contribution is -2.27. The van der Waals surface area contributed by atoms with Gasteiger partial charge in [-0.1, -0.05) is 11.6 Å². The molecule has 1 amide bonds. The molecule has 130 valence electrons.